The van der Waals surface area contributed by atoms with Gasteiger partial charge in [-0.1, -0.05) is 23.5 Å². The first-order valence-electron chi connectivity index (χ1n) is 12.2. The Bertz CT molecular complexity index is 1450. The van der Waals surface area contributed by atoms with Gasteiger partial charge in [0, 0.05) is 38.4 Å². The molecule has 0 bridgehead atoms. The number of benzene rings is 1. The number of para-hydroxylation sites is 2. The minimum atomic E-state index is -0.377. The number of hydrogen-bond donors (Lipinski definition) is 3. The van der Waals surface area contributed by atoms with E-state index in [1.807, 2.05) is 34.9 Å². The summed E-state index contributed by atoms with van der Waals surface area (Å²) in [5.41, 5.74) is 3.02. The van der Waals surface area contributed by atoms with Crippen molar-refractivity contribution in [2.75, 3.05) is 49.5 Å². The molecule has 1 aromatic carbocycles. The van der Waals surface area contributed by atoms with Crippen LogP contribution in [0.25, 0.3) is 16.2 Å². The molecule has 1 amide bonds. The second kappa shape index (κ2) is 9.80. The maximum atomic E-state index is 13.6. The van der Waals surface area contributed by atoms with E-state index >= 15 is 0 Å². The van der Waals surface area contributed by atoms with Crippen molar-refractivity contribution in [2.45, 2.75) is 18.9 Å². The Hall–Kier alpha value is -3.61. The molecule has 0 atom stereocenters. The second-order valence-electron chi connectivity index (χ2n) is 8.93. The molecule has 36 heavy (non-hydrogen) atoms. The molecule has 4 aromatic rings. The van der Waals surface area contributed by atoms with Crippen LogP contribution in [0.15, 0.2) is 47.5 Å². The number of piperazine rings is 1. The fourth-order valence-corrected chi connectivity index (χ4v) is 5.76. The number of nitrogens with zero attached hydrogens (tertiary/aromatic N) is 6. The maximum absolute atomic E-state index is 13.6. The number of piperidine rings is 1. The van der Waals surface area contributed by atoms with Gasteiger partial charge in [-0.15, -0.1) is 10.2 Å². The third-order valence-electron chi connectivity index (χ3n) is 6.76. The van der Waals surface area contributed by atoms with E-state index in [1.165, 1.54) is 0 Å². The Morgan fingerprint density at radius 1 is 1.00 bits per heavy atom. The van der Waals surface area contributed by atoms with Crippen molar-refractivity contribution in [3.63, 3.8) is 0 Å². The lowest BCUT2D eigenvalue weighted by atomic mass is 10.1. The maximum Gasteiger partial charge on any atom is 0.335 e. The Balaban J connectivity index is 1.31. The summed E-state index contributed by atoms with van der Waals surface area (Å²) in [4.78, 5) is 33.1. The molecule has 0 unspecified atom stereocenters. The average Bonchev–Trinajstić information content (AvgIpc) is 3.52. The van der Waals surface area contributed by atoms with Crippen LogP contribution in [0, 0.1) is 0 Å². The molecule has 2 saturated heterocycles. The summed E-state index contributed by atoms with van der Waals surface area (Å²) in [7, 11) is 0. The van der Waals surface area contributed by atoms with E-state index in [0.717, 1.165) is 80.2 Å². The first-order chi connectivity index (χ1) is 17.7. The third-order valence-corrected chi connectivity index (χ3v) is 7.66. The average molecular weight is 506 g/mol. The summed E-state index contributed by atoms with van der Waals surface area (Å²) in [5, 5.41) is 18.6. The number of fused-ring (bicyclic) bond motifs is 1. The monoisotopic (exact) mass is 505 g/mol. The van der Waals surface area contributed by atoms with E-state index in [4.69, 9.17) is 0 Å². The molecule has 5 heterocycles. The van der Waals surface area contributed by atoms with Crippen molar-refractivity contribution < 1.29 is 4.79 Å². The largest absolute Gasteiger partial charge is 0.367 e. The van der Waals surface area contributed by atoms with Gasteiger partial charge in [-0.05, 0) is 44.1 Å². The van der Waals surface area contributed by atoms with Crippen LogP contribution in [0.3, 0.4) is 0 Å². The summed E-state index contributed by atoms with van der Waals surface area (Å²) in [5.74, 6) is -0.377. The molecule has 0 aliphatic carbocycles. The number of rotatable bonds is 5. The molecular formula is C24H27N9O2S. The van der Waals surface area contributed by atoms with Gasteiger partial charge in [0.25, 0.3) is 5.91 Å². The zero-order chi connectivity index (χ0) is 24.5. The topological polar surface area (TPSA) is 122 Å². The van der Waals surface area contributed by atoms with Crippen molar-refractivity contribution in [2.24, 2.45) is 0 Å². The van der Waals surface area contributed by atoms with Crippen LogP contribution >= 0.6 is 11.3 Å². The number of carbonyl (C=O) groups excluding carboxylic acids is 1. The lowest BCUT2D eigenvalue weighted by Gasteiger charge is -2.30. The predicted octanol–water partition coefficient (Wildman–Crippen LogP) is 1.63. The van der Waals surface area contributed by atoms with Crippen LogP contribution in [-0.2, 0) is 0 Å². The highest BCUT2D eigenvalue weighted by atomic mass is 32.1. The van der Waals surface area contributed by atoms with Crippen molar-refractivity contribution in [1.29, 1.82) is 0 Å². The molecule has 12 heteroatoms. The number of carbonyl (C=O) groups is 1. The first kappa shape index (κ1) is 22.8. The van der Waals surface area contributed by atoms with Crippen LogP contribution in [-0.4, -0.2) is 69.5 Å². The molecular weight excluding hydrogens is 478 g/mol. The highest BCUT2D eigenvalue weighted by Crippen LogP contribution is 2.28. The number of hydrogen-bond acceptors (Lipinski definition) is 9. The standard InChI is InChI=1S/C24H27N9O2S/c34-21(28-17-15-27-10-7-18(17)31-13-11-26-12-14-31)22-29-30-23(36-22)33-20-4-2-1-3-19(20)32(24(33)35)16-5-8-25-9-6-16/h1-4,7,10,15-16,25-26H,5-6,8-9,11-14H2,(H,28,34). The molecule has 6 rings (SSSR count). The van der Waals surface area contributed by atoms with Crippen LogP contribution in [0.5, 0.6) is 0 Å². The minimum Gasteiger partial charge on any atom is -0.367 e. The zero-order valence-corrected chi connectivity index (χ0v) is 20.5. The van der Waals surface area contributed by atoms with Gasteiger partial charge in [0.1, 0.15) is 0 Å². The highest BCUT2D eigenvalue weighted by Gasteiger charge is 2.25. The van der Waals surface area contributed by atoms with Crippen LogP contribution < -0.4 is 26.5 Å². The molecule has 0 radical (unpaired) electrons. The lowest BCUT2D eigenvalue weighted by molar-refractivity contribution is 0.102. The summed E-state index contributed by atoms with van der Waals surface area (Å²) < 4.78 is 3.44. The van der Waals surface area contributed by atoms with Gasteiger partial charge in [0.05, 0.1) is 28.6 Å². The molecule has 186 valence electrons. The van der Waals surface area contributed by atoms with Crippen molar-refractivity contribution in [3.05, 3.63) is 58.2 Å². The summed E-state index contributed by atoms with van der Waals surface area (Å²) in [6.07, 6.45) is 5.14. The molecule has 2 aliphatic heterocycles. The van der Waals surface area contributed by atoms with Crippen molar-refractivity contribution in [1.82, 2.24) is 34.9 Å². The Kier molecular flexibility index (Phi) is 6.21. The van der Waals surface area contributed by atoms with E-state index in [2.05, 4.69) is 36.0 Å². The van der Waals surface area contributed by atoms with E-state index in [9.17, 15) is 9.59 Å². The smallest absolute Gasteiger partial charge is 0.335 e. The van der Waals surface area contributed by atoms with Crippen molar-refractivity contribution in [3.8, 4) is 5.13 Å². The summed E-state index contributed by atoms with van der Waals surface area (Å²) in [6.45, 7) is 5.22. The number of aromatic nitrogens is 5. The predicted molar refractivity (Wildman–Crippen MR) is 139 cm³/mol. The van der Waals surface area contributed by atoms with E-state index in [-0.39, 0.29) is 22.6 Å². The summed E-state index contributed by atoms with van der Waals surface area (Å²) in [6, 6.07) is 9.73. The first-order valence-corrected chi connectivity index (χ1v) is 13.0. The molecule has 11 nitrogen and oxygen atoms in total. The number of nitrogens with one attached hydrogen (secondary N) is 3. The molecule has 3 aromatic heterocycles. The highest BCUT2D eigenvalue weighted by molar-refractivity contribution is 7.15. The lowest BCUT2D eigenvalue weighted by Crippen LogP contribution is -2.43. The zero-order valence-electron chi connectivity index (χ0n) is 19.7. The number of anilines is 2. The number of amides is 1. The van der Waals surface area contributed by atoms with E-state index in [1.54, 1.807) is 17.0 Å². The minimum absolute atomic E-state index is 0.120. The van der Waals surface area contributed by atoms with Gasteiger partial charge < -0.3 is 20.9 Å². The van der Waals surface area contributed by atoms with Gasteiger partial charge in [-0.2, -0.15) is 0 Å². The molecule has 2 fully saturated rings. The van der Waals surface area contributed by atoms with Gasteiger partial charge >= 0.3 is 5.69 Å². The van der Waals surface area contributed by atoms with Crippen molar-refractivity contribution >= 4 is 39.7 Å². The fraction of sp³-hybridized carbons (Fsp3) is 0.375. The quantitative estimate of drug-likeness (QED) is 0.374. The molecule has 2 aliphatic rings. The molecule has 0 spiro atoms. The van der Waals surface area contributed by atoms with Gasteiger partial charge in [-0.3, -0.25) is 14.3 Å². The van der Waals surface area contributed by atoms with Crippen LogP contribution in [0.1, 0.15) is 28.7 Å². The second-order valence-corrected chi connectivity index (χ2v) is 9.89. The van der Waals surface area contributed by atoms with Crippen LogP contribution in [0.4, 0.5) is 11.4 Å². The van der Waals surface area contributed by atoms with Gasteiger partial charge in [0.15, 0.2) is 0 Å². The SMILES string of the molecule is O=C(Nc1cnccc1N1CCNCC1)c1nnc(-n2c(=O)n(C3CCNCC3)c3ccccc32)s1. The van der Waals surface area contributed by atoms with E-state index < -0.39 is 0 Å². The Labute approximate surface area is 211 Å². The fourth-order valence-electron chi connectivity index (χ4n) is 5.01. The van der Waals surface area contributed by atoms with E-state index in [0.29, 0.717) is 10.8 Å². The molecule has 3 N–H and O–H groups in total. The van der Waals surface area contributed by atoms with Crippen LogP contribution in [0.2, 0.25) is 0 Å². The third kappa shape index (κ3) is 4.16. The van der Waals surface area contributed by atoms with Gasteiger partial charge in [0.2, 0.25) is 10.1 Å². The van der Waals surface area contributed by atoms with Gasteiger partial charge in [-0.25, -0.2) is 9.36 Å². The number of imidazole rings is 1. The Morgan fingerprint density at radius 2 is 1.75 bits per heavy atom. The summed E-state index contributed by atoms with van der Waals surface area (Å²) >= 11 is 1.10. The Morgan fingerprint density at radius 3 is 2.56 bits per heavy atom. The normalized spacial score (nSPS) is 16.9. The molecule has 0 saturated carbocycles. The number of pyridine rings is 1.